The van der Waals surface area contributed by atoms with Gasteiger partial charge < -0.3 is 10.8 Å². The van der Waals surface area contributed by atoms with E-state index >= 15 is 0 Å². The summed E-state index contributed by atoms with van der Waals surface area (Å²) in [6.07, 6.45) is 2.33. The molecule has 1 aromatic carbocycles. The average Bonchev–Trinajstić information content (AvgIpc) is 2.62. The third-order valence-electron chi connectivity index (χ3n) is 4.36. The first kappa shape index (κ1) is 13.9. The number of aliphatic hydroxyl groups is 1. The maximum absolute atomic E-state index is 12.9. The van der Waals surface area contributed by atoms with Crippen LogP contribution in [0.5, 0.6) is 0 Å². The van der Waals surface area contributed by atoms with Gasteiger partial charge >= 0.3 is 0 Å². The number of rotatable bonds is 2. The molecule has 0 aromatic heterocycles. The van der Waals surface area contributed by atoms with Crippen molar-refractivity contribution in [3.63, 3.8) is 0 Å². The second-order valence-corrected chi connectivity index (χ2v) is 7.70. The normalized spacial score (nSPS) is 30.6. The predicted molar refractivity (Wildman–Crippen MR) is 76.7 cm³/mol. The number of sulfonamides is 1. The zero-order valence-electron chi connectivity index (χ0n) is 11.5. The molecule has 2 unspecified atom stereocenters. The van der Waals surface area contributed by atoms with Gasteiger partial charge in [-0.15, -0.1) is 0 Å². The van der Waals surface area contributed by atoms with Crippen molar-refractivity contribution < 1.29 is 13.5 Å². The summed E-state index contributed by atoms with van der Waals surface area (Å²) >= 11 is 0. The predicted octanol–water partition coefficient (Wildman–Crippen LogP) is 1.25. The Labute approximate surface area is 119 Å². The smallest absolute Gasteiger partial charge is 0.245 e. The van der Waals surface area contributed by atoms with Crippen LogP contribution in [0, 0.1) is 6.92 Å². The summed E-state index contributed by atoms with van der Waals surface area (Å²) in [5.41, 5.74) is 7.14. The van der Waals surface area contributed by atoms with Crippen molar-refractivity contribution in [2.24, 2.45) is 0 Å². The number of anilines is 1. The molecule has 2 fully saturated rings. The first-order valence-electron chi connectivity index (χ1n) is 6.97. The summed E-state index contributed by atoms with van der Waals surface area (Å²) in [4.78, 5) is 0.191. The summed E-state index contributed by atoms with van der Waals surface area (Å²) in [5.74, 6) is 0. The molecular weight excluding hydrogens is 276 g/mol. The summed E-state index contributed by atoms with van der Waals surface area (Å²) in [6.45, 7) is 1.88. The van der Waals surface area contributed by atoms with E-state index in [-0.39, 0.29) is 23.1 Å². The molecule has 2 bridgehead atoms. The van der Waals surface area contributed by atoms with Crippen LogP contribution in [0.1, 0.15) is 31.2 Å². The Kier molecular flexibility index (Phi) is 3.27. The second-order valence-electron chi connectivity index (χ2n) is 5.89. The molecule has 2 heterocycles. The molecule has 2 saturated heterocycles. The van der Waals surface area contributed by atoms with E-state index in [1.54, 1.807) is 22.5 Å². The number of fused-ring (bicyclic) bond motifs is 2. The van der Waals surface area contributed by atoms with Crippen LogP contribution >= 0.6 is 0 Å². The lowest BCUT2D eigenvalue weighted by Gasteiger charge is -2.36. The largest absolute Gasteiger partial charge is 0.398 e. The number of hydrogen-bond donors (Lipinski definition) is 2. The number of benzene rings is 1. The van der Waals surface area contributed by atoms with Gasteiger partial charge in [0.05, 0.1) is 11.8 Å². The number of nitrogens with two attached hydrogens (primary N) is 1. The molecule has 3 N–H and O–H groups in total. The molecule has 6 heteroatoms. The van der Waals surface area contributed by atoms with Crippen LogP contribution < -0.4 is 5.73 Å². The van der Waals surface area contributed by atoms with Crippen LogP contribution in [0.25, 0.3) is 0 Å². The Bertz CT molecular complexity index is 615. The van der Waals surface area contributed by atoms with Crippen LogP contribution in [0.15, 0.2) is 23.1 Å². The summed E-state index contributed by atoms with van der Waals surface area (Å²) in [7, 11) is -3.57. The zero-order valence-corrected chi connectivity index (χ0v) is 12.3. The molecule has 2 aliphatic heterocycles. The van der Waals surface area contributed by atoms with E-state index in [4.69, 9.17) is 5.73 Å². The van der Waals surface area contributed by atoms with Gasteiger partial charge in [0, 0.05) is 12.1 Å². The van der Waals surface area contributed by atoms with E-state index < -0.39 is 10.0 Å². The standard InChI is InChI=1S/C14H20N2O3S/c1-9-2-5-14(13(15)6-9)20(18,19)16-10-3-4-11(16)8-12(17)7-10/h2,5-6,10-12,17H,3-4,7-8,15H2,1H3. The van der Waals surface area contributed by atoms with E-state index in [1.807, 2.05) is 6.92 Å². The fraction of sp³-hybridized carbons (Fsp3) is 0.571. The molecule has 3 rings (SSSR count). The van der Waals surface area contributed by atoms with Crippen LogP contribution in [0.4, 0.5) is 5.69 Å². The molecule has 0 saturated carbocycles. The number of nitrogens with zero attached hydrogens (tertiary/aromatic N) is 1. The highest BCUT2D eigenvalue weighted by Crippen LogP contribution is 2.40. The molecule has 0 amide bonds. The van der Waals surface area contributed by atoms with Crippen molar-refractivity contribution in [2.45, 2.75) is 55.7 Å². The highest BCUT2D eigenvalue weighted by atomic mass is 32.2. The quantitative estimate of drug-likeness (QED) is 0.805. The fourth-order valence-electron chi connectivity index (χ4n) is 3.51. The van der Waals surface area contributed by atoms with Gasteiger partial charge in [0.1, 0.15) is 4.90 Å². The van der Waals surface area contributed by atoms with Crippen LogP contribution in [0.2, 0.25) is 0 Å². The van der Waals surface area contributed by atoms with Crippen molar-refractivity contribution in [1.29, 1.82) is 0 Å². The number of piperidine rings is 1. The Morgan fingerprint density at radius 2 is 1.85 bits per heavy atom. The lowest BCUT2D eigenvalue weighted by atomic mass is 10.0. The molecule has 1 aromatic rings. The first-order valence-corrected chi connectivity index (χ1v) is 8.41. The van der Waals surface area contributed by atoms with Crippen molar-refractivity contribution in [3.05, 3.63) is 23.8 Å². The van der Waals surface area contributed by atoms with Crippen LogP contribution in [-0.4, -0.2) is 36.0 Å². The number of aryl methyl sites for hydroxylation is 1. The Morgan fingerprint density at radius 3 is 2.40 bits per heavy atom. The third-order valence-corrected chi connectivity index (χ3v) is 6.44. The summed E-state index contributed by atoms with van der Waals surface area (Å²) in [6, 6.07) is 4.87. The van der Waals surface area contributed by atoms with E-state index in [0.717, 1.165) is 18.4 Å². The minimum absolute atomic E-state index is 0.0885. The monoisotopic (exact) mass is 296 g/mol. The molecular formula is C14H20N2O3S. The number of aliphatic hydroxyl groups excluding tert-OH is 1. The minimum Gasteiger partial charge on any atom is -0.398 e. The van der Waals surface area contributed by atoms with Gasteiger partial charge in [-0.05, 0) is 50.3 Å². The molecule has 2 aliphatic rings. The van der Waals surface area contributed by atoms with Gasteiger partial charge in [-0.1, -0.05) is 6.07 Å². The van der Waals surface area contributed by atoms with Gasteiger partial charge in [0.25, 0.3) is 0 Å². The third kappa shape index (κ3) is 2.12. The first-order chi connectivity index (χ1) is 9.39. The van der Waals surface area contributed by atoms with Gasteiger partial charge in [-0.3, -0.25) is 0 Å². The van der Waals surface area contributed by atoms with Crippen molar-refractivity contribution in [2.75, 3.05) is 5.73 Å². The SMILES string of the molecule is Cc1ccc(S(=O)(=O)N2C3CCC2CC(O)C3)c(N)c1. The van der Waals surface area contributed by atoms with E-state index in [0.29, 0.717) is 18.5 Å². The number of nitrogen functional groups attached to an aromatic ring is 1. The molecule has 2 atom stereocenters. The molecule has 0 aliphatic carbocycles. The molecule has 110 valence electrons. The molecule has 20 heavy (non-hydrogen) atoms. The average molecular weight is 296 g/mol. The van der Waals surface area contributed by atoms with Gasteiger partial charge in [-0.25, -0.2) is 8.42 Å². The van der Waals surface area contributed by atoms with E-state index in [9.17, 15) is 13.5 Å². The van der Waals surface area contributed by atoms with E-state index in [1.165, 1.54) is 0 Å². The second kappa shape index (κ2) is 4.72. The molecule has 0 spiro atoms. The van der Waals surface area contributed by atoms with E-state index in [2.05, 4.69) is 0 Å². The highest BCUT2D eigenvalue weighted by Gasteiger charge is 2.47. The number of hydrogen-bond acceptors (Lipinski definition) is 4. The minimum atomic E-state index is -3.57. The Morgan fingerprint density at radius 1 is 1.25 bits per heavy atom. The maximum Gasteiger partial charge on any atom is 0.245 e. The maximum atomic E-state index is 12.9. The van der Waals surface area contributed by atoms with Gasteiger partial charge in [0.15, 0.2) is 0 Å². The van der Waals surface area contributed by atoms with Crippen LogP contribution in [0.3, 0.4) is 0 Å². The topological polar surface area (TPSA) is 83.6 Å². The Hall–Kier alpha value is -1.11. The lowest BCUT2D eigenvalue weighted by molar-refractivity contribution is 0.0769. The Balaban J connectivity index is 2.01. The molecule has 5 nitrogen and oxygen atoms in total. The molecule has 0 radical (unpaired) electrons. The summed E-state index contributed by atoms with van der Waals surface area (Å²) < 4.78 is 27.3. The van der Waals surface area contributed by atoms with Crippen molar-refractivity contribution in [3.8, 4) is 0 Å². The summed E-state index contributed by atoms with van der Waals surface area (Å²) in [5, 5.41) is 9.79. The lowest BCUT2D eigenvalue weighted by Crippen LogP contribution is -2.47. The zero-order chi connectivity index (χ0) is 14.5. The van der Waals surface area contributed by atoms with Crippen molar-refractivity contribution >= 4 is 15.7 Å². The van der Waals surface area contributed by atoms with Crippen molar-refractivity contribution in [1.82, 2.24) is 4.31 Å². The van der Waals surface area contributed by atoms with Gasteiger partial charge in [0.2, 0.25) is 10.0 Å². The van der Waals surface area contributed by atoms with Crippen LogP contribution in [-0.2, 0) is 10.0 Å². The van der Waals surface area contributed by atoms with Gasteiger partial charge in [-0.2, -0.15) is 4.31 Å². The highest BCUT2D eigenvalue weighted by molar-refractivity contribution is 7.89. The fourth-order valence-corrected chi connectivity index (χ4v) is 5.51.